The molecule has 76 valence electrons. The van der Waals surface area contributed by atoms with Gasteiger partial charge in [0.05, 0.1) is 5.52 Å². The van der Waals surface area contributed by atoms with E-state index in [2.05, 4.69) is 57.0 Å². The first-order chi connectivity index (χ1) is 7.16. The monoisotopic (exact) mass is 263 g/mol. The van der Waals surface area contributed by atoms with E-state index in [0.717, 1.165) is 21.1 Å². The van der Waals surface area contributed by atoms with E-state index < -0.39 is 0 Å². The molecule has 1 aromatic heterocycles. The van der Waals surface area contributed by atoms with Crippen molar-refractivity contribution in [3.05, 3.63) is 22.2 Å². The largest absolute Gasteiger partial charge is 0.258 e. The number of rotatable bonds is 0. The first kappa shape index (κ1) is 10.2. The topological polar surface area (TPSA) is 41.6 Å². The third-order valence-corrected chi connectivity index (χ3v) is 2.57. The van der Waals surface area contributed by atoms with E-state index in [1.165, 1.54) is 0 Å². The van der Waals surface area contributed by atoms with Gasteiger partial charge < -0.3 is 0 Å². The van der Waals surface area contributed by atoms with Crippen LogP contribution in [0.25, 0.3) is 11.0 Å². The standard InChI is InChI=1S/C11H10BrN3/c1-7(2)3-4-8-5-10-11(6-9(8)12)14-15-13-10/h5-7H,1-2H3,(H,13,14,15). The third-order valence-electron chi connectivity index (χ3n) is 1.91. The zero-order chi connectivity index (χ0) is 10.8. The molecule has 0 aliphatic heterocycles. The van der Waals surface area contributed by atoms with Crippen molar-refractivity contribution in [1.29, 1.82) is 0 Å². The molecule has 3 nitrogen and oxygen atoms in total. The van der Waals surface area contributed by atoms with Crippen molar-refractivity contribution in [2.45, 2.75) is 13.8 Å². The van der Waals surface area contributed by atoms with Crippen LogP contribution in [0.5, 0.6) is 0 Å². The predicted molar refractivity (Wildman–Crippen MR) is 63.3 cm³/mol. The van der Waals surface area contributed by atoms with Crippen LogP contribution in [0.1, 0.15) is 19.4 Å². The summed E-state index contributed by atoms with van der Waals surface area (Å²) < 4.78 is 0.967. The van der Waals surface area contributed by atoms with Crippen molar-refractivity contribution in [2.24, 2.45) is 5.92 Å². The van der Waals surface area contributed by atoms with Crippen LogP contribution in [-0.4, -0.2) is 15.4 Å². The quantitative estimate of drug-likeness (QED) is 0.743. The van der Waals surface area contributed by atoms with Crippen molar-refractivity contribution in [3.63, 3.8) is 0 Å². The minimum absolute atomic E-state index is 0.366. The average Bonchev–Trinajstić information content (AvgIpc) is 2.60. The van der Waals surface area contributed by atoms with Crippen molar-refractivity contribution in [2.75, 3.05) is 0 Å². The maximum Gasteiger partial charge on any atom is 0.114 e. The summed E-state index contributed by atoms with van der Waals surface area (Å²) in [7, 11) is 0. The van der Waals surface area contributed by atoms with Gasteiger partial charge in [0.25, 0.3) is 0 Å². The highest BCUT2D eigenvalue weighted by Crippen LogP contribution is 2.21. The van der Waals surface area contributed by atoms with Gasteiger partial charge in [-0.3, -0.25) is 5.10 Å². The Labute approximate surface area is 96.4 Å². The van der Waals surface area contributed by atoms with Crippen LogP contribution in [0, 0.1) is 17.8 Å². The lowest BCUT2D eigenvalue weighted by Crippen LogP contribution is -1.82. The number of halogens is 1. The zero-order valence-electron chi connectivity index (χ0n) is 8.50. The first-order valence-corrected chi connectivity index (χ1v) is 5.48. The molecule has 0 aliphatic rings. The van der Waals surface area contributed by atoms with Gasteiger partial charge in [0, 0.05) is 16.0 Å². The molecule has 15 heavy (non-hydrogen) atoms. The Morgan fingerprint density at radius 1 is 1.40 bits per heavy atom. The minimum atomic E-state index is 0.366. The number of hydrogen-bond acceptors (Lipinski definition) is 2. The van der Waals surface area contributed by atoms with Crippen molar-refractivity contribution in [3.8, 4) is 11.8 Å². The molecule has 0 atom stereocenters. The summed E-state index contributed by atoms with van der Waals surface area (Å²) in [5, 5.41) is 10.5. The summed E-state index contributed by atoms with van der Waals surface area (Å²) in [6.07, 6.45) is 0. The van der Waals surface area contributed by atoms with E-state index in [1.54, 1.807) is 0 Å². The molecule has 2 aromatic rings. The molecule has 0 amide bonds. The van der Waals surface area contributed by atoms with Gasteiger partial charge in [-0.15, -0.1) is 5.10 Å². The summed E-state index contributed by atoms with van der Waals surface area (Å²) in [6, 6.07) is 3.87. The fourth-order valence-electron chi connectivity index (χ4n) is 1.18. The summed E-state index contributed by atoms with van der Waals surface area (Å²) >= 11 is 3.47. The average molecular weight is 264 g/mol. The van der Waals surface area contributed by atoms with Crippen molar-refractivity contribution in [1.82, 2.24) is 15.4 Å². The number of fused-ring (bicyclic) bond motifs is 1. The SMILES string of the molecule is CC(C)C#Cc1cc2nn[nH]c2cc1Br. The van der Waals surface area contributed by atoms with E-state index in [1.807, 2.05) is 12.1 Å². The highest BCUT2D eigenvalue weighted by atomic mass is 79.9. The lowest BCUT2D eigenvalue weighted by molar-refractivity contribution is 0.866. The Hall–Kier alpha value is -1.34. The molecule has 0 bridgehead atoms. The molecule has 0 spiro atoms. The molecule has 0 saturated heterocycles. The normalized spacial score (nSPS) is 10.4. The van der Waals surface area contributed by atoms with E-state index in [9.17, 15) is 0 Å². The van der Waals surface area contributed by atoms with E-state index in [0.29, 0.717) is 5.92 Å². The molecule has 2 rings (SSSR count). The van der Waals surface area contributed by atoms with Gasteiger partial charge in [-0.05, 0) is 28.1 Å². The smallest absolute Gasteiger partial charge is 0.114 e. The van der Waals surface area contributed by atoms with Gasteiger partial charge in [0.1, 0.15) is 5.52 Å². The second-order valence-corrected chi connectivity index (χ2v) is 4.44. The second kappa shape index (κ2) is 4.03. The minimum Gasteiger partial charge on any atom is -0.258 e. The Morgan fingerprint density at radius 3 is 2.93 bits per heavy atom. The Morgan fingerprint density at radius 2 is 2.20 bits per heavy atom. The van der Waals surface area contributed by atoms with Crippen LogP contribution in [0.2, 0.25) is 0 Å². The number of benzene rings is 1. The molecule has 0 fully saturated rings. The fraction of sp³-hybridized carbons (Fsp3) is 0.273. The van der Waals surface area contributed by atoms with Gasteiger partial charge in [0.2, 0.25) is 0 Å². The molecule has 1 N–H and O–H groups in total. The van der Waals surface area contributed by atoms with Crippen LogP contribution in [-0.2, 0) is 0 Å². The molecular formula is C11H10BrN3. The second-order valence-electron chi connectivity index (χ2n) is 3.59. The highest BCUT2D eigenvalue weighted by Gasteiger charge is 2.02. The molecule has 4 heteroatoms. The van der Waals surface area contributed by atoms with Crippen LogP contribution < -0.4 is 0 Å². The van der Waals surface area contributed by atoms with Crippen molar-refractivity contribution < 1.29 is 0 Å². The number of aromatic nitrogens is 3. The lowest BCUT2D eigenvalue weighted by atomic mass is 10.1. The molecule has 0 unspecified atom stereocenters. The molecular weight excluding hydrogens is 254 g/mol. The molecule has 1 heterocycles. The maximum atomic E-state index is 3.95. The molecule has 0 aliphatic carbocycles. The Kier molecular flexibility index (Phi) is 2.74. The van der Waals surface area contributed by atoms with Crippen molar-refractivity contribution >= 4 is 27.0 Å². The number of nitrogens with one attached hydrogen (secondary N) is 1. The molecule has 1 aromatic carbocycles. The summed E-state index contributed by atoms with van der Waals surface area (Å²) in [5.74, 6) is 6.60. The number of aromatic amines is 1. The van der Waals surface area contributed by atoms with Crippen LogP contribution in [0.3, 0.4) is 0 Å². The predicted octanol–water partition coefficient (Wildman–Crippen LogP) is 2.73. The summed E-state index contributed by atoms with van der Waals surface area (Å²) in [5.41, 5.74) is 2.70. The first-order valence-electron chi connectivity index (χ1n) is 4.68. The number of nitrogens with zero attached hydrogens (tertiary/aromatic N) is 2. The van der Waals surface area contributed by atoms with Gasteiger partial charge in [0.15, 0.2) is 0 Å². The summed E-state index contributed by atoms with van der Waals surface area (Å²) in [6.45, 7) is 4.13. The van der Waals surface area contributed by atoms with Gasteiger partial charge in [-0.1, -0.05) is 30.9 Å². The maximum absolute atomic E-state index is 3.95. The lowest BCUT2D eigenvalue weighted by Gasteiger charge is -1.96. The number of hydrogen-bond donors (Lipinski definition) is 1. The van der Waals surface area contributed by atoms with Crippen LogP contribution in [0.15, 0.2) is 16.6 Å². The Bertz CT molecular complexity index is 546. The van der Waals surface area contributed by atoms with Crippen LogP contribution >= 0.6 is 15.9 Å². The van der Waals surface area contributed by atoms with E-state index in [4.69, 9.17) is 0 Å². The van der Waals surface area contributed by atoms with Crippen LogP contribution in [0.4, 0.5) is 0 Å². The van der Waals surface area contributed by atoms with Gasteiger partial charge in [-0.25, -0.2) is 0 Å². The highest BCUT2D eigenvalue weighted by molar-refractivity contribution is 9.10. The van der Waals surface area contributed by atoms with Gasteiger partial charge in [-0.2, -0.15) is 0 Å². The molecule has 0 radical (unpaired) electrons. The number of H-pyrrole nitrogens is 1. The van der Waals surface area contributed by atoms with E-state index >= 15 is 0 Å². The van der Waals surface area contributed by atoms with Gasteiger partial charge >= 0.3 is 0 Å². The zero-order valence-corrected chi connectivity index (χ0v) is 10.1. The fourth-order valence-corrected chi connectivity index (χ4v) is 1.63. The Balaban J connectivity index is 2.52. The molecule has 0 saturated carbocycles. The van der Waals surface area contributed by atoms with E-state index in [-0.39, 0.29) is 0 Å². The third kappa shape index (κ3) is 2.18. The summed E-state index contributed by atoms with van der Waals surface area (Å²) in [4.78, 5) is 0.